The molecule has 0 spiro atoms. The van der Waals surface area contributed by atoms with E-state index < -0.39 is 18.5 Å². The number of ether oxygens (including phenoxy) is 2. The summed E-state index contributed by atoms with van der Waals surface area (Å²) in [5.41, 5.74) is 0.319. The van der Waals surface area contributed by atoms with Crippen molar-refractivity contribution in [2.45, 2.75) is 19.8 Å². The van der Waals surface area contributed by atoms with Crippen molar-refractivity contribution in [3.8, 4) is 17.3 Å². The Hall–Kier alpha value is -3.02. The van der Waals surface area contributed by atoms with Gasteiger partial charge in [0.2, 0.25) is 5.91 Å². The standard InChI is InChI=1S/C15H16F3N5O4/c1-2-19-12(24)9-23-13(25)4-3-11(22-23)10-7-20-14(21-8-10)26-5-6-27-15(16,17)18/h3-4,7-8H,2,5-6,9H2,1H3,(H,19,24). The monoisotopic (exact) mass is 387 g/mol. The molecule has 2 aromatic rings. The third kappa shape index (κ3) is 6.66. The lowest BCUT2D eigenvalue weighted by molar-refractivity contribution is -0.325. The average molecular weight is 387 g/mol. The lowest BCUT2D eigenvalue weighted by Gasteiger charge is -2.09. The second-order valence-electron chi connectivity index (χ2n) is 5.06. The van der Waals surface area contributed by atoms with Crippen LogP contribution in [-0.4, -0.2) is 51.8 Å². The summed E-state index contributed by atoms with van der Waals surface area (Å²) in [6.45, 7) is 0.870. The predicted octanol–water partition coefficient (Wildman–Crippen LogP) is 0.752. The summed E-state index contributed by atoms with van der Waals surface area (Å²) in [6.07, 6.45) is -2.07. The molecular weight excluding hydrogens is 371 g/mol. The van der Waals surface area contributed by atoms with Crippen LogP contribution in [0.15, 0.2) is 29.3 Å². The second kappa shape index (κ2) is 9.07. The number of likely N-dealkylation sites (N-methyl/N-ethyl adjacent to an activating group) is 1. The molecule has 0 unspecified atom stereocenters. The van der Waals surface area contributed by atoms with Gasteiger partial charge in [0, 0.05) is 30.6 Å². The molecule has 2 rings (SSSR count). The van der Waals surface area contributed by atoms with Gasteiger partial charge in [-0.05, 0) is 13.0 Å². The van der Waals surface area contributed by atoms with Gasteiger partial charge in [0.1, 0.15) is 13.2 Å². The van der Waals surface area contributed by atoms with Crippen LogP contribution in [0.3, 0.4) is 0 Å². The Morgan fingerprint density at radius 3 is 2.56 bits per heavy atom. The Morgan fingerprint density at radius 1 is 1.22 bits per heavy atom. The van der Waals surface area contributed by atoms with Gasteiger partial charge < -0.3 is 10.1 Å². The number of alkyl halides is 3. The maximum absolute atomic E-state index is 11.8. The Morgan fingerprint density at radius 2 is 1.93 bits per heavy atom. The number of aromatic nitrogens is 4. The summed E-state index contributed by atoms with van der Waals surface area (Å²) in [5, 5.41) is 6.64. The highest BCUT2D eigenvalue weighted by atomic mass is 19.4. The van der Waals surface area contributed by atoms with Gasteiger partial charge in [-0.25, -0.2) is 14.6 Å². The van der Waals surface area contributed by atoms with Crippen LogP contribution >= 0.6 is 0 Å². The zero-order valence-electron chi connectivity index (χ0n) is 14.2. The summed E-state index contributed by atoms with van der Waals surface area (Å²) in [7, 11) is 0. The number of carbonyl (C=O) groups excluding carboxylic acids is 1. The third-order valence-electron chi connectivity index (χ3n) is 3.04. The zero-order valence-corrected chi connectivity index (χ0v) is 14.2. The molecule has 146 valence electrons. The van der Waals surface area contributed by atoms with Crippen LogP contribution in [0.5, 0.6) is 6.01 Å². The predicted molar refractivity (Wildman–Crippen MR) is 85.7 cm³/mol. The smallest absolute Gasteiger partial charge is 0.461 e. The van der Waals surface area contributed by atoms with Crippen LogP contribution in [0.1, 0.15) is 6.92 Å². The molecule has 27 heavy (non-hydrogen) atoms. The number of rotatable bonds is 8. The van der Waals surface area contributed by atoms with Crippen molar-refractivity contribution in [2.24, 2.45) is 0 Å². The zero-order chi connectivity index (χ0) is 19.9. The second-order valence-corrected chi connectivity index (χ2v) is 5.06. The molecule has 1 N–H and O–H groups in total. The van der Waals surface area contributed by atoms with E-state index in [2.05, 4.69) is 25.1 Å². The normalized spacial score (nSPS) is 11.3. The fourth-order valence-corrected chi connectivity index (χ4v) is 1.92. The van der Waals surface area contributed by atoms with Crippen molar-refractivity contribution in [3.05, 3.63) is 34.9 Å². The first-order valence-electron chi connectivity index (χ1n) is 7.79. The summed E-state index contributed by atoms with van der Waals surface area (Å²) >= 11 is 0. The summed E-state index contributed by atoms with van der Waals surface area (Å²) in [5.74, 6) is -0.356. The molecule has 2 heterocycles. The fraction of sp³-hybridized carbons (Fsp3) is 0.400. The third-order valence-corrected chi connectivity index (χ3v) is 3.04. The largest absolute Gasteiger partial charge is 0.522 e. The van der Waals surface area contributed by atoms with Crippen molar-refractivity contribution in [2.75, 3.05) is 19.8 Å². The van der Waals surface area contributed by atoms with Gasteiger partial charge in [0.05, 0.1) is 12.3 Å². The molecule has 0 aliphatic rings. The molecule has 0 bridgehead atoms. The number of carbonyl (C=O) groups is 1. The van der Waals surface area contributed by atoms with Crippen molar-refractivity contribution in [3.63, 3.8) is 0 Å². The molecular formula is C15H16F3N5O4. The molecule has 0 aromatic carbocycles. The average Bonchev–Trinajstić information content (AvgIpc) is 2.61. The Kier molecular flexibility index (Phi) is 6.82. The van der Waals surface area contributed by atoms with Gasteiger partial charge in [-0.2, -0.15) is 5.10 Å². The van der Waals surface area contributed by atoms with Crippen LogP contribution in [0.25, 0.3) is 11.3 Å². The number of hydrogen-bond donors (Lipinski definition) is 1. The highest BCUT2D eigenvalue weighted by Crippen LogP contribution is 2.16. The highest BCUT2D eigenvalue weighted by molar-refractivity contribution is 5.75. The number of nitrogens with one attached hydrogen (secondary N) is 1. The molecule has 12 heteroatoms. The number of nitrogens with zero attached hydrogens (tertiary/aromatic N) is 4. The van der Waals surface area contributed by atoms with Crippen molar-refractivity contribution in [1.29, 1.82) is 0 Å². The van der Waals surface area contributed by atoms with E-state index in [-0.39, 0.29) is 25.1 Å². The van der Waals surface area contributed by atoms with E-state index in [1.54, 1.807) is 6.92 Å². The van der Waals surface area contributed by atoms with Gasteiger partial charge in [0.15, 0.2) is 0 Å². The van der Waals surface area contributed by atoms with E-state index in [1.807, 2.05) is 0 Å². The maximum atomic E-state index is 11.8. The van der Waals surface area contributed by atoms with Crippen LogP contribution in [-0.2, 0) is 16.1 Å². The number of halogens is 3. The first-order chi connectivity index (χ1) is 12.8. The van der Waals surface area contributed by atoms with Crippen LogP contribution < -0.4 is 15.6 Å². The minimum atomic E-state index is -4.73. The number of hydrogen-bond acceptors (Lipinski definition) is 7. The first kappa shape index (κ1) is 20.3. The Bertz CT molecular complexity index is 823. The van der Waals surface area contributed by atoms with Gasteiger partial charge in [0.25, 0.3) is 5.56 Å². The molecule has 9 nitrogen and oxygen atoms in total. The van der Waals surface area contributed by atoms with E-state index in [0.29, 0.717) is 17.8 Å². The summed E-state index contributed by atoms with van der Waals surface area (Å²) in [4.78, 5) is 31.1. The number of amides is 1. The molecule has 0 atom stereocenters. The van der Waals surface area contributed by atoms with Gasteiger partial charge in [-0.3, -0.25) is 14.3 Å². The van der Waals surface area contributed by atoms with Crippen LogP contribution in [0.4, 0.5) is 13.2 Å². The lowest BCUT2D eigenvalue weighted by atomic mass is 10.2. The molecule has 0 saturated heterocycles. The Balaban J connectivity index is 2.02. The van der Waals surface area contributed by atoms with E-state index >= 15 is 0 Å². The molecule has 0 aliphatic carbocycles. The topological polar surface area (TPSA) is 108 Å². The van der Waals surface area contributed by atoms with Crippen molar-refractivity contribution in [1.82, 2.24) is 25.1 Å². The van der Waals surface area contributed by atoms with Crippen molar-refractivity contribution < 1.29 is 27.4 Å². The van der Waals surface area contributed by atoms with E-state index in [4.69, 9.17) is 4.74 Å². The molecule has 2 aromatic heterocycles. The first-order valence-corrected chi connectivity index (χ1v) is 7.79. The van der Waals surface area contributed by atoms with Crippen LogP contribution in [0, 0.1) is 0 Å². The van der Waals surface area contributed by atoms with E-state index in [9.17, 15) is 22.8 Å². The van der Waals surface area contributed by atoms with Gasteiger partial charge in [-0.1, -0.05) is 0 Å². The summed E-state index contributed by atoms with van der Waals surface area (Å²) < 4.78 is 45.0. The minimum Gasteiger partial charge on any atom is -0.461 e. The van der Waals surface area contributed by atoms with E-state index in [0.717, 1.165) is 4.68 Å². The van der Waals surface area contributed by atoms with Gasteiger partial charge in [-0.15, -0.1) is 13.2 Å². The minimum absolute atomic E-state index is 0.139. The maximum Gasteiger partial charge on any atom is 0.522 e. The fourth-order valence-electron chi connectivity index (χ4n) is 1.92. The summed E-state index contributed by atoms with van der Waals surface area (Å²) in [6, 6.07) is 2.55. The van der Waals surface area contributed by atoms with Gasteiger partial charge >= 0.3 is 12.4 Å². The molecule has 0 fully saturated rings. The molecule has 0 aliphatic heterocycles. The molecule has 0 saturated carbocycles. The molecule has 0 radical (unpaired) electrons. The quantitative estimate of drug-likeness (QED) is 0.666. The SMILES string of the molecule is CCNC(=O)Cn1nc(-c2cnc(OCCOC(F)(F)F)nc2)ccc1=O. The van der Waals surface area contributed by atoms with Crippen LogP contribution in [0.2, 0.25) is 0 Å². The van der Waals surface area contributed by atoms with Crippen molar-refractivity contribution >= 4 is 5.91 Å². The highest BCUT2D eigenvalue weighted by Gasteiger charge is 2.28. The lowest BCUT2D eigenvalue weighted by Crippen LogP contribution is -2.33. The molecule has 1 amide bonds. The Labute approximate surface area is 151 Å². The van der Waals surface area contributed by atoms with E-state index in [1.165, 1.54) is 24.5 Å².